The number of nitrogens with zero attached hydrogens (tertiary/aromatic N) is 3. The van der Waals surface area contributed by atoms with Gasteiger partial charge in [0.05, 0.1) is 24.3 Å². The Balaban J connectivity index is 1.45. The van der Waals surface area contributed by atoms with Crippen LogP contribution in [0.15, 0.2) is 59.7 Å². The van der Waals surface area contributed by atoms with E-state index in [1.54, 1.807) is 13.2 Å². The number of methoxy groups -OCH3 is 1. The second kappa shape index (κ2) is 7.84. The van der Waals surface area contributed by atoms with Gasteiger partial charge in [0.25, 0.3) is 5.56 Å². The van der Waals surface area contributed by atoms with Gasteiger partial charge >= 0.3 is 0 Å². The number of hydrogen-bond acceptors (Lipinski definition) is 4. The Morgan fingerprint density at radius 2 is 1.93 bits per heavy atom. The predicted molar refractivity (Wildman–Crippen MR) is 107 cm³/mol. The lowest BCUT2D eigenvalue weighted by molar-refractivity contribution is -0.132. The molecule has 0 radical (unpaired) electrons. The number of ether oxygens (including phenoxy) is 1. The van der Waals surface area contributed by atoms with E-state index in [1.165, 1.54) is 10.9 Å². The molecule has 1 fully saturated rings. The molecule has 1 saturated carbocycles. The molecule has 1 heterocycles. The van der Waals surface area contributed by atoms with Gasteiger partial charge in [0.15, 0.2) is 0 Å². The van der Waals surface area contributed by atoms with Gasteiger partial charge in [-0.25, -0.2) is 4.98 Å². The van der Waals surface area contributed by atoms with Crippen molar-refractivity contribution in [2.45, 2.75) is 38.4 Å². The summed E-state index contributed by atoms with van der Waals surface area (Å²) in [6.07, 6.45) is 3.90. The van der Waals surface area contributed by atoms with E-state index >= 15 is 0 Å². The van der Waals surface area contributed by atoms with Crippen LogP contribution in [0.1, 0.15) is 24.8 Å². The summed E-state index contributed by atoms with van der Waals surface area (Å²) in [6, 6.07) is 15.4. The van der Waals surface area contributed by atoms with Crippen LogP contribution in [0.3, 0.4) is 0 Å². The van der Waals surface area contributed by atoms with Crippen molar-refractivity contribution in [3.63, 3.8) is 0 Å². The van der Waals surface area contributed by atoms with Crippen molar-refractivity contribution in [1.29, 1.82) is 0 Å². The second-order valence-electron chi connectivity index (χ2n) is 7.11. The molecular formula is C22H23N3O3. The van der Waals surface area contributed by atoms with Crippen molar-refractivity contribution < 1.29 is 9.53 Å². The number of fused-ring (bicyclic) bond motifs is 1. The first-order chi connectivity index (χ1) is 13.7. The van der Waals surface area contributed by atoms with E-state index in [2.05, 4.69) is 4.98 Å². The van der Waals surface area contributed by atoms with E-state index in [9.17, 15) is 9.59 Å². The van der Waals surface area contributed by atoms with Crippen molar-refractivity contribution in [2.75, 3.05) is 7.11 Å². The predicted octanol–water partition coefficient (Wildman–Crippen LogP) is 2.99. The molecule has 1 amide bonds. The lowest BCUT2D eigenvalue weighted by Crippen LogP contribution is -2.34. The molecular weight excluding hydrogens is 354 g/mol. The molecule has 0 atom stereocenters. The van der Waals surface area contributed by atoms with Gasteiger partial charge in [-0.2, -0.15) is 0 Å². The Kier molecular flexibility index (Phi) is 5.10. The summed E-state index contributed by atoms with van der Waals surface area (Å²) in [4.78, 5) is 31.7. The van der Waals surface area contributed by atoms with Crippen molar-refractivity contribution in [3.05, 3.63) is 70.8 Å². The van der Waals surface area contributed by atoms with Crippen LogP contribution in [0.5, 0.6) is 5.75 Å². The zero-order chi connectivity index (χ0) is 19.5. The average molecular weight is 377 g/mol. The summed E-state index contributed by atoms with van der Waals surface area (Å²) < 4.78 is 6.72. The minimum Gasteiger partial charge on any atom is -0.497 e. The third kappa shape index (κ3) is 3.91. The normalized spacial score (nSPS) is 13.5. The molecule has 4 rings (SSSR count). The average Bonchev–Trinajstić information content (AvgIpc) is 3.57. The fraction of sp³-hybridized carbons (Fsp3) is 0.318. The summed E-state index contributed by atoms with van der Waals surface area (Å²) in [5.74, 6) is 0.870. The Morgan fingerprint density at radius 1 is 1.18 bits per heavy atom. The van der Waals surface area contributed by atoms with Crippen molar-refractivity contribution >= 4 is 16.8 Å². The Hall–Kier alpha value is -3.15. The van der Waals surface area contributed by atoms with E-state index < -0.39 is 0 Å². The molecule has 0 spiro atoms. The van der Waals surface area contributed by atoms with E-state index in [0.717, 1.165) is 24.2 Å². The van der Waals surface area contributed by atoms with Crippen LogP contribution in [-0.2, 0) is 17.9 Å². The maximum atomic E-state index is 12.9. The van der Waals surface area contributed by atoms with Crippen LogP contribution in [0.4, 0.5) is 0 Å². The summed E-state index contributed by atoms with van der Waals surface area (Å²) in [7, 11) is 1.64. The van der Waals surface area contributed by atoms with Crippen molar-refractivity contribution in [1.82, 2.24) is 14.5 Å². The fourth-order valence-electron chi connectivity index (χ4n) is 3.36. The molecule has 0 aliphatic heterocycles. The minimum atomic E-state index is -0.105. The number of benzene rings is 2. The fourth-order valence-corrected chi connectivity index (χ4v) is 3.36. The molecule has 2 aromatic carbocycles. The molecule has 6 heteroatoms. The largest absolute Gasteiger partial charge is 0.497 e. The summed E-state index contributed by atoms with van der Waals surface area (Å²) in [5.41, 5.74) is 1.64. The Morgan fingerprint density at radius 3 is 2.64 bits per heavy atom. The van der Waals surface area contributed by atoms with Crippen LogP contribution >= 0.6 is 0 Å². The van der Waals surface area contributed by atoms with Crippen molar-refractivity contribution in [3.8, 4) is 5.75 Å². The molecule has 144 valence electrons. The third-order valence-corrected chi connectivity index (χ3v) is 5.12. The number of hydrogen-bond donors (Lipinski definition) is 0. The maximum absolute atomic E-state index is 12.9. The number of aromatic nitrogens is 2. The highest BCUT2D eigenvalue weighted by Crippen LogP contribution is 2.29. The lowest BCUT2D eigenvalue weighted by Gasteiger charge is -2.23. The van der Waals surface area contributed by atoms with Gasteiger partial charge in [0.2, 0.25) is 5.91 Å². The molecule has 28 heavy (non-hydrogen) atoms. The third-order valence-electron chi connectivity index (χ3n) is 5.12. The quantitative estimate of drug-likeness (QED) is 0.635. The van der Waals surface area contributed by atoms with Gasteiger partial charge < -0.3 is 9.64 Å². The van der Waals surface area contributed by atoms with Gasteiger partial charge in [-0.15, -0.1) is 0 Å². The van der Waals surface area contributed by atoms with E-state index in [-0.39, 0.29) is 17.9 Å². The smallest absolute Gasteiger partial charge is 0.261 e. The second-order valence-corrected chi connectivity index (χ2v) is 7.11. The SMILES string of the molecule is COc1ccc(CN(C(=O)CCn2cnc3ccccc3c2=O)C2CC2)cc1. The first-order valence-electron chi connectivity index (χ1n) is 9.52. The summed E-state index contributed by atoms with van der Waals surface area (Å²) >= 11 is 0. The number of aryl methyl sites for hydroxylation is 1. The molecule has 0 N–H and O–H groups in total. The molecule has 1 aliphatic carbocycles. The van der Waals surface area contributed by atoms with Gasteiger partial charge in [-0.05, 0) is 42.7 Å². The van der Waals surface area contributed by atoms with E-state index in [4.69, 9.17) is 4.74 Å². The zero-order valence-electron chi connectivity index (χ0n) is 15.9. The molecule has 0 bridgehead atoms. The van der Waals surface area contributed by atoms with Gasteiger partial charge in [0.1, 0.15) is 5.75 Å². The first-order valence-corrected chi connectivity index (χ1v) is 9.52. The van der Waals surface area contributed by atoms with Crippen LogP contribution in [-0.4, -0.2) is 33.5 Å². The monoisotopic (exact) mass is 377 g/mol. The Labute approximate surface area is 163 Å². The first kappa shape index (κ1) is 18.2. The number of carbonyl (C=O) groups excluding carboxylic acids is 1. The molecule has 0 unspecified atom stereocenters. The van der Waals surface area contributed by atoms with Crippen LogP contribution in [0.25, 0.3) is 10.9 Å². The lowest BCUT2D eigenvalue weighted by atomic mass is 10.2. The highest BCUT2D eigenvalue weighted by Gasteiger charge is 2.32. The van der Waals surface area contributed by atoms with Crippen molar-refractivity contribution in [2.24, 2.45) is 0 Å². The Bertz CT molecular complexity index is 1040. The minimum absolute atomic E-state index is 0.0679. The molecule has 1 aliphatic rings. The van der Waals surface area contributed by atoms with Crippen LogP contribution in [0.2, 0.25) is 0 Å². The summed E-state index contributed by atoms with van der Waals surface area (Å²) in [6.45, 7) is 0.916. The number of rotatable bonds is 7. The van der Waals surface area contributed by atoms with Crippen LogP contribution < -0.4 is 10.3 Å². The number of para-hydroxylation sites is 1. The summed E-state index contributed by atoms with van der Waals surface area (Å²) in [5, 5.41) is 0.578. The molecule has 6 nitrogen and oxygen atoms in total. The topological polar surface area (TPSA) is 64.4 Å². The standard InChI is InChI=1S/C22H23N3O3/c1-28-18-10-6-16(7-11-18)14-25(17-8-9-17)21(26)12-13-24-15-23-20-5-3-2-4-19(20)22(24)27/h2-7,10-11,15,17H,8-9,12-14H2,1H3. The van der Waals surface area contributed by atoms with Gasteiger partial charge in [-0.3, -0.25) is 14.2 Å². The number of carbonyl (C=O) groups is 1. The maximum Gasteiger partial charge on any atom is 0.261 e. The number of amides is 1. The van der Waals surface area contributed by atoms with Gasteiger partial charge in [-0.1, -0.05) is 24.3 Å². The highest BCUT2D eigenvalue weighted by atomic mass is 16.5. The molecule has 1 aromatic heterocycles. The van der Waals surface area contributed by atoms with E-state index in [0.29, 0.717) is 30.0 Å². The molecule has 0 saturated heterocycles. The zero-order valence-corrected chi connectivity index (χ0v) is 15.9. The van der Waals surface area contributed by atoms with Crippen LogP contribution in [0, 0.1) is 0 Å². The molecule has 3 aromatic rings. The highest BCUT2D eigenvalue weighted by molar-refractivity contribution is 5.78. The van der Waals surface area contributed by atoms with E-state index in [1.807, 2.05) is 47.4 Å². The van der Waals surface area contributed by atoms with Gasteiger partial charge in [0, 0.05) is 25.6 Å².